The van der Waals surface area contributed by atoms with Crippen molar-refractivity contribution in [1.82, 2.24) is 14.8 Å². The summed E-state index contributed by atoms with van der Waals surface area (Å²) in [6.45, 7) is 1.82. The smallest absolute Gasteiger partial charge is 0.364 e. The van der Waals surface area contributed by atoms with Crippen molar-refractivity contribution in [2.75, 3.05) is 13.7 Å². The van der Waals surface area contributed by atoms with Crippen LogP contribution in [0.5, 0.6) is 11.5 Å². The van der Waals surface area contributed by atoms with Crippen LogP contribution in [0.15, 0.2) is 89.7 Å². The molecule has 35 heavy (non-hydrogen) atoms. The molecule has 0 spiro atoms. The van der Waals surface area contributed by atoms with E-state index >= 15 is 0 Å². The number of allylic oxidation sites excluding steroid dienone is 1. The highest BCUT2D eigenvalue weighted by atomic mass is 16.5. The Labute approximate surface area is 203 Å². The molecule has 0 saturated heterocycles. The van der Waals surface area contributed by atoms with Gasteiger partial charge < -0.3 is 14.6 Å². The van der Waals surface area contributed by atoms with E-state index in [0.717, 1.165) is 16.7 Å². The van der Waals surface area contributed by atoms with Gasteiger partial charge in [0.05, 0.1) is 13.7 Å². The van der Waals surface area contributed by atoms with Crippen molar-refractivity contribution in [3.63, 3.8) is 0 Å². The van der Waals surface area contributed by atoms with Crippen LogP contribution in [0.25, 0.3) is 28.6 Å². The van der Waals surface area contributed by atoms with Crippen LogP contribution in [0.1, 0.15) is 12.5 Å². The van der Waals surface area contributed by atoms with Gasteiger partial charge in [-0.3, -0.25) is 0 Å². The summed E-state index contributed by atoms with van der Waals surface area (Å²) < 4.78 is 12.4. The zero-order valence-corrected chi connectivity index (χ0v) is 19.7. The third kappa shape index (κ3) is 5.83. The number of hydrogen-bond donors (Lipinski definition) is 1. The van der Waals surface area contributed by atoms with E-state index in [0.29, 0.717) is 22.9 Å². The molecular weight excluding hydrogens is 442 g/mol. The van der Waals surface area contributed by atoms with Gasteiger partial charge in [0.2, 0.25) is 0 Å². The summed E-state index contributed by atoms with van der Waals surface area (Å²) in [6, 6.07) is 24.5. The first-order valence-electron chi connectivity index (χ1n) is 11.3. The molecule has 1 unspecified atom stereocenters. The van der Waals surface area contributed by atoms with E-state index in [-0.39, 0.29) is 13.2 Å². The van der Waals surface area contributed by atoms with Gasteiger partial charge >= 0.3 is 5.69 Å². The first-order valence-corrected chi connectivity index (χ1v) is 11.3. The van der Waals surface area contributed by atoms with E-state index in [4.69, 9.17) is 9.47 Å². The molecule has 0 aliphatic rings. The maximum atomic E-state index is 12.8. The Morgan fingerprint density at radius 1 is 0.943 bits per heavy atom. The normalized spacial score (nSPS) is 12.0. The number of benzene rings is 3. The highest BCUT2D eigenvalue weighted by Gasteiger charge is 2.17. The summed E-state index contributed by atoms with van der Waals surface area (Å²) in [4.78, 5) is 17.1. The molecule has 0 bridgehead atoms. The van der Waals surface area contributed by atoms with Crippen LogP contribution >= 0.6 is 0 Å². The summed E-state index contributed by atoms with van der Waals surface area (Å²) in [6.07, 6.45) is 2.90. The minimum absolute atomic E-state index is 0.0471. The second-order valence-electron chi connectivity index (χ2n) is 7.88. The van der Waals surface area contributed by atoms with Gasteiger partial charge in [-0.15, -0.1) is 0 Å². The van der Waals surface area contributed by atoms with Gasteiger partial charge in [0.15, 0.2) is 11.5 Å². The topological polar surface area (TPSA) is 86.5 Å². The molecule has 0 amide bonds. The van der Waals surface area contributed by atoms with Crippen molar-refractivity contribution < 1.29 is 14.6 Å². The van der Waals surface area contributed by atoms with Gasteiger partial charge in [0.25, 0.3) is 0 Å². The van der Waals surface area contributed by atoms with Crippen LogP contribution in [0.3, 0.4) is 0 Å². The number of rotatable bonds is 9. The molecule has 178 valence electrons. The van der Waals surface area contributed by atoms with Crippen LogP contribution < -0.4 is 15.2 Å². The molecule has 0 aliphatic carbocycles. The average Bonchev–Trinajstić information content (AvgIpc) is 2.90. The lowest BCUT2D eigenvalue weighted by Gasteiger charge is -2.16. The Hall–Kier alpha value is -4.23. The summed E-state index contributed by atoms with van der Waals surface area (Å²) in [5.74, 6) is 1.06. The van der Waals surface area contributed by atoms with Crippen LogP contribution in [0.4, 0.5) is 0 Å². The standard InChI is InChI=1S/C28H27N3O4/c1-3-10-20-15-16-24(25(17-20)34-2)35-19-23(32)18-31-28(33)29-26(21-11-6-4-7-12-21)27(30-31)22-13-8-5-9-14-22/h3-17,23,32H,18-19H2,1-2H3. The fourth-order valence-electron chi connectivity index (χ4n) is 3.66. The van der Waals surface area contributed by atoms with Crippen molar-refractivity contribution in [1.29, 1.82) is 0 Å². The molecule has 0 aliphatic heterocycles. The fourth-order valence-corrected chi connectivity index (χ4v) is 3.66. The maximum Gasteiger partial charge on any atom is 0.364 e. The van der Waals surface area contributed by atoms with Gasteiger partial charge in [0, 0.05) is 11.1 Å². The fraction of sp³-hybridized carbons (Fsp3) is 0.179. The van der Waals surface area contributed by atoms with Crippen LogP contribution in [-0.2, 0) is 6.54 Å². The Morgan fingerprint density at radius 3 is 2.23 bits per heavy atom. The highest BCUT2D eigenvalue weighted by Crippen LogP contribution is 2.29. The first kappa shape index (κ1) is 23.9. The van der Waals surface area contributed by atoms with E-state index in [1.54, 1.807) is 13.2 Å². The van der Waals surface area contributed by atoms with Gasteiger partial charge in [0.1, 0.15) is 24.1 Å². The zero-order chi connectivity index (χ0) is 24.6. The molecule has 7 nitrogen and oxygen atoms in total. The molecule has 7 heteroatoms. The lowest BCUT2D eigenvalue weighted by atomic mass is 10.0. The zero-order valence-electron chi connectivity index (χ0n) is 19.7. The molecule has 1 N–H and O–H groups in total. The quantitative estimate of drug-likeness (QED) is 0.390. The molecule has 1 aromatic heterocycles. The van der Waals surface area contributed by atoms with E-state index < -0.39 is 11.8 Å². The first-order chi connectivity index (χ1) is 17.1. The molecule has 3 aromatic carbocycles. The third-order valence-corrected chi connectivity index (χ3v) is 5.33. The van der Waals surface area contributed by atoms with Crippen LogP contribution in [0, 0.1) is 0 Å². The van der Waals surface area contributed by atoms with Crippen molar-refractivity contribution in [3.8, 4) is 34.0 Å². The number of aliphatic hydroxyl groups is 1. The van der Waals surface area contributed by atoms with E-state index in [1.807, 2.05) is 91.9 Å². The molecular formula is C28H27N3O4. The number of hydrogen-bond acceptors (Lipinski definition) is 6. The minimum Gasteiger partial charge on any atom is -0.493 e. The number of nitrogens with zero attached hydrogens (tertiary/aromatic N) is 3. The number of aromatic nitrogens is 3. The molecule has 4 rings (SSSR count). The monoisotopic (exact) mass is 469 g/mol. The van der Waals surface area contributed by atoms with Crippen molar-refractivity contribution in [3.05, 3.63) is 101 Å². The van der Waals surface area contributed by atoms with Crippen LogP contribution in [0.2, 0.25) is 0 Å². The average molecular weight is 470 g/mol. The number of methoxy groups -OCH3 is 1. The molecule has 1 heterocycles. The maximum absolute atomic E-state index is 12.8. The Kier molecular flexibility index (Phi) is 7.70. The number of aliphatic hydroxyl groups excluding tert-OH is 1. The predicted octanol–water partition coefficient (Wildman–Crippen LogP) is 4.45. The minimum atomic E-state index is -0.992. The summed E-state index contributed by atoms with van der Waals surface area (Å²) in [5.41, 5.74) is 3.10. The van der Waals surface area contributed by atoms with E-state index in [1.165, 1.54) is 4.68 Å². The summed E-state index contributed by atoms with van der Waals surface area (Å²) in [7, 11) is 1.56. The van der Waals surface area contributed by atoms with E-state index in [2.05, 4.69) is 10.1 Å². The predicted molar refractivity (Wildman–Crippen MR) is 136 cm³/mol. The Morgan fingerprint density at radius 2 is 1.60 bits per heavy atom. The molecule has 0 fully saturated rings. The lowest BCUT2D eigenvalue weighted by Crippen LogP contribution is -2.34. The Bertz CT molecular complexity index is 1350. The Balaban J connectivity index is 1.57. The van der Waals surface area contributed by atoms with Gasteiger partial charge in [-0.25, -0.2) is 9.48 Å². The van der Waals surface area contributed by atoms with E-state index in [9.17, 15) is 9.90 Å². The third-order valence-electron chi connectivity index (χ3n) is 5.33. The van der Waals surface area contributed by atoms with Crippen LogP contribution in [-0.4, -0.2) is 39.7 Å². The van der Waals surface area contributed by atoms with Crippen molar-refractivity contribution >= 4 is 6.08 Å². The second-order valence-corrected chi connectivity index (χ2v) is 7.88. The molecule has 0 saturated carbocycles. The number of ether oxygens (including phenoxy) is 2. The largest absolute Gasteiger partial charge is 0.493 e. The van der Waals surface area contributed by atoms with Gasteiger partial charge in [-0.05, 0) is 24.6 Å². The molecule has 4 aromatic rings. The molecule has 0 radical (unpaired) electrons. The van der Waals surface area contributed by atoms with Gasteiger partial charge in [-0.2, -0.15) is 10.1 Å². The lowest BCUT2D eigenvalue weighted by molar-refractivity contribution is 0.0862. The summed E-state index contributed by atoms with van der Waals surface area (Å²) >= 11 is 0. The molecule has 1 atom stereocenters. The summed E-state index contributed by atoms with van der Waals surface area (Å²) in [5, 5.41) is 15.2. The highest BCUT2D eigenvalue weighted by molar-refractivity contribution is 5.77. The van der Waals surface area contributed by atoms with Gasteiger partial charge in [-0.1, -0.05) is 78.9 Å². The SMILES string of the molecule is CC=Cc1ccc(OCC(O)Cn2nc(-c3ccccc3)c(-c3ccccc3)nc2=O)c(OC)c1. The second kappa shape index (κ2) is 11.3. The van der Waals surface area contributed by atoms with Crippen molar-refractivity contribution in [2.45, 2.75) is 19.6 Å². The van der Waals surface area contributed by atoms with Crippen molar-refractivity contribution in [2.24, 2.45) is 0 Å².